The van der Waals surface area contributed by atoms with Crippen molar-refractivity contribution in [3.8, 4) is 0 Å². The van der Waals surface area contributed by atoms with Crippen LogP contribution in [0.15, 0.2) is 0 Å². The first-order chi connectivity index (χ1) is 7.18. The van der Waals surface area contributed by atoms with E-state index < -0.39 is 0 Å². The van der Waals surface area contributed by atoms with E-state index in [1.165, 1.54) is 32.1 Å². The van der Waals surface area contributed by atoms with Gasteiger partial charge in [0.1, 0.15) is 0 Å². The van der Waals surface area contributed by atoms with Gasteiger partial charge in [0.05, 0.1) is 6.61 Å². The number of rotatable bonds is 10. The molecule has 2 N–H and O–H groups in total. The van der Waals surface area contributed by atoms with Gasteiger partial charge in [-0.1, -0.05) is 46.0 Å². The summed E-state index contributed by atoms with van der Waals surface area (Å²) in [6, 6.07) is 0. The zero-order chi connectivity index (χ0) is 11.6. The van der Waals surface area contributed by atoms with Crippen molar-refractivity contribution >= 4 is 0 Å². The Labute approximate surface area is 95.5 Å². The van der Waals surface area contributed by atoms with E-state index in [9.17, 15) is 5.11 Å². The second-order valence-electron chi connectivity index (χ2n) is 4.81. The first-order valence-electron chi connectivity index (χ1n) is 6.54. The maximum Gasteiger partial charge on any atom is 0.0610 e. The van der Waals surface area contributed by atoms with E-state index in [2.05, 4.69) is 26.1 Å². The van der Waals surface area contributed by atoms with Gasteiger partial charge in [-0.2, -0.15) is 0 Å². The van der Waals surface area contributed by atoms with Gasteiger partial charge in [0.25, 0.3) is 0 Å². The van der Waals surface area contributed by atoms with Crippen LogP contribution in [0, 0.1) is 0 Å². The van der Waals surface area contributed by atoms with Gasteiger partial charge in [-0.15, -0.1) is 0 Å². The van der Waals surface area contributed by atoms with Gasteiger partial charge in [-0.3, -0.25) is 0 Å². The lowest BCUT2D eigenvalue weighted by Crippen LogP contribution is -2.46. The molecule has 0 aromatic carbocycles. The molecule has 0 aliphatic carbocycles. The Balaban J connectivity index is 3.58. The lowest BCUT2D eigenvalue weighted by Gasteiger charge is -2.28. The van der Waals surface area contributed by atoms with Gasteiger partial charge in [-0.25, -0.2) is 0 Å². The first-order valence-corrected chi connectivity index (χ1v) is 6.54. The molecule has 0 aliphatic rings. The number of hydrogen-bond acceptors (Lipinski definition) is 2. The Kier molecular flexibility index (Phi) is 9.12. The van der Waals surface area contributed by atoms with Crippen LogP contribution in [0.1, 0.15) is 65.7 Å². The summed E-state index contributed by atoms with van der Waals surface area (Å²) in [4.78, 5) is 0. The van der Waals surface area contributed by atoms with E-state index in [0.29, 0.717) is 0 Å². The molecular weight excluding hydrogens is 186 g/mol. The standard InChI is InChI=1S/C13H29NO/c1-4-6-7-8-9-10-13(3,12-15)14-11-5-2/h14-15H,4-12H2,1-3H3. The monoisotopic (exact) mass is 215 g/mol. The lowest BCUT2D eigenvalue weighted by molar-refractivity contribution is 0.163. The molecule has 0 aromatic rings. The summed E-state index contributed by atoms with van der Waals surface area (Å²) in [5.41, 5.74) is -0.0533. The van der Waals surface area contributed by atoms with Crippen LogP contribution in [0.2, 0.25) is 0 Å². The number of nitrogens with one attached hydrogen (secondary N) is 1. The smallest absolute Gasteiger partial charge is 0.0610 e. The maximum atomic E-state index is 9.35. The van der Waals surface area contributed by atoms with Gasteiger partial charge in [0.15, 0.2) is 0 Å². The quantitative estimate of drug-likeness (QED) is 0.549. The molecule has 0 rings (SSSR count). The zero-order valence-corrected chi connectivity index (χ0v) is 10.8. The van der Waals surface area contributed by atoms with Crippen LogP contribution < -0.4 is 5.32 Å². The SMILES string of the molecule is CCCCCCCC(C)(CO)NCCC. The summed E-state index contributed by atoms with van der Waals surface area (Å²) < 4.78 is 0. The van der Waals surface area contributed by atoms with E-state index in [1.807, 2.05) is 0 Å². The molecule has 0 bridgehead atoms. The molecule has 92 valence electrons. The number of unbranched alkanes of at least 4 members (excludes halogenated alkanes) is 4. The highest BCUT2D eigenvalue weighted by atomic mass is 16.3. The highest BCUT2D eigenvalue weighted by Crippen LogP contribution is 2.15. The number of aliphatic hydroxyl groups excluding tert-OH is 1. The molecule has 0 fully saturated rings. The molecule has 0 aliphatic heterocycles. The van der Waals surface area contributed by atoms with Crippen molar-refractivity contribution in [2.24, 2.45) is 0 Å². The highest BCUT2D eigenvalue weighted by molar-refractivity contribution is 4.81. The third kappa shape index (κ3) is 7.80. The second-order valence-corrected chi connectivity index (χ2v) is 4.81. The van der Waals surface area contributed by atoms with Gasteiger partial charge in [0.2, 0.25) is 0 Å². The van der Waals surface area contributed by atoms with Crippen molar-refractivity contribution in [3.05, 3.63) is 0 Å². The normalized spacial score (nSPS) is 15.2. The van der Waals surface area contributed by atoms with Crippen molar-refractivity contribution in [2.45, 2.75) is 71.3 Å². The average molecular weight is 215 g/mol. The Morgan fingerprint density at radius 1 is 1.00 bits per heavy atom. The van der Waals surface area contributed by atoms with Crippen molar-refractivity contribution < 1.29 is 5.11 Å². The second kappa shape index (κ2) is 9.17. The molecule has 0 radical (unpaired) electrons. The fraction of sp³-hybridized carbons (Fsp3) is 1.00. The molecule has 0 aromatic heterocycles. The van der Waals surface area contributed by atoms with Gasteiger partial charge >= 0.3 is 0 Å². The molecule has 2 nitrogen and oxygen atoms in total. The van der Waals surface area contributed by atoms with Gasteiger partial charge in [-0.05, 0) is 26.3 Å². The summed E-state index contributed by atoms with van der Waals surface area (Å²) >= 11 is 0. The highest BCUT2D eigenvalue weighted by Gasteiger charge is 2.20. The van der Waals surface area contributed by atoms with E-state index >= 15 is 0 Å². The summed E-state index contributed by atoms with van der Waals surface area (Å²) in [7, 11) is 0. The van der Waals surface area contributed by atoms with Crippen LogP contribution >= 0.6 is 0 Å². The summed E-state index contributed by atoms with van der Waals surface area (Å²) in [5.74, 6) is 0. The Morgan fingerprint density at radius 3 is 2.20 bits per heavy atom. The fourth-order valence-electron chi connectivity index (χ4n) is 1.77. The van der Waals surface area contributed by atoms with Crippen molar-refractivity contribution in [1.82, 2.24) is 5.32 Å². The summed E-state index contributed by atoms with van der Waals surface area (Å²) in [6.07, 6.45) is 8.74. The van der Waals surface area contributed by atoms with Crippen LogP contribution in [0.4, 0.5) is 0 Å². The summed E-state index contributed by atoms with van der Waals surface area (Å²) in [5, 5.41) is 12.8. The molecular formula is C13H29NO. The van der Waals surface area contributed by atoms with E-state index in [1.54, 1.807) is 0 Å². The van der Waals surface area contributed by atoms with Gasteiger partial charge < -0.3 is 10.4 Å². The topological polar surface area (TPSA) is 32.3 Å². The molecule has 0 heterocycles. The predicted octanol–water partition coefficient (Wildman–Crippen LogP) is 3.10. The van der Waals surface area contributed by atoms with Crippen molar-refractivity contribution in [3.63, 3.8) is 0 Å². The minimum absolute atomic E-state index is 0.0533. The van der Waals surface area contributed by atoms with E-state index in [0.717, 1.165) is 19.4 Å². The lowest BCUT2D eigenvalue weighted by atomic mass is 9.94. The maximum absolute atomic E-state index is 9.35. The predicted molar refractivity (Wildman–Crippen MR) is 67.2 cm³/mol. The molecule has 15 heavy (non-hydrogen) atoms. The number of hydrogen-bond donors (Lipinski definition) is 2. The minimum Gasteiger partial charge on any atom is -0.394 e. The number of aliphatic hydroxyl groups is 1. The fourth-order valence-corrected chi connectivity index (χ4v) is 1.77. The van der Waals surface area contributed by atoms with Crippen molar-refractivity contribution in [1.29, 1.82) is 0 Å². The molecule has 0 saturated heterocycles. The van der Waals surface area contributed by atoms with E-state index in [-0.39, 0.29) is 12.1 Å². The van der Waals surface area contributed by atoms with Crippen LogP contribution in [0.5, 0.6) is 0 Å². The van der Waals surface area contributed by atoms with Gasteiger partial charge in [0, 0.05) is 5.54 Å². The minimum atomic E-state index is -0.0533. The summed E-state index contributed by atoms with van der Waals surface area (Å²) in [6.45, 7) is 7.78. The van der Waals surface area contributed by atoms with Crippen LogP contribution in [0.25, 0.3) is 0 Å². The third-order valence-corrected chi connectivity index (χ3v) is 2.98. The molecule has 1 unspecified atom stereocenters. The average Bonchev–Trinajstić information content (AvgIpc) is 2.26. The molecule has 2 heteroatoms. The van der Waals surface area contributed by atoms with Crippen LogP contribution in [-0.4, -0.2) is 23.8 Å². The molecule has 1 atom stereocenters. The van der Waals surface area contributed by atoms with Crippen molar-refractivity contribution in [2.75, 3.05) is 13.2 Å². The third-order valence-electron chi connectivity index (χ3n) is 2.98. The zero-order valence-electron chi connectivity index (χ0n) is 10.8. The Bertz CT molecular complexity index is 138. The largest absolute Gasteiger partial charge is 0.394 e. The molecule has 0 spiro atoms. The van der Waals surface area contributed by atoms with E-state index in [4.69, 9.17) is 0 Å². The molecule has 0 saturated carbocycles. The van der Waals surface area contributed by atoms with Crippen LogP contribution in [0.3, 0.4) is 0 Å². The Morgan fingerprint density at radius 2 is 1.67 bits per heavy atom. The first kappa shape index (κ1) is 14.9. The molecule has 0 amide bonds. The van der Waals surface area contributed by atoms with Crippen LogP contribution in [-0.2, 0) is 0 Å². The Hall–Kier alpha value is -0.0800.